The molecule has 1 fully saturated rings. The van der Waals surface area contributed by atoms with Crippen LogP contribution in [0, 0.1) is 68.0 Å². The van der Waals surface area contributed by atoms with Crippen LogP contribution in [0.1, 0.15) is 31.7 Å². The van der Waals surface area contributed by atoms with Gasteiger partial charge in [0.1, 0.15) is 11.5 Å². The first kappa shape index (κ1) is 19.0. The number of carbonyl (C=O) groups is 1. The molecule has 0 aliphatic heterocycles. The highest BCUT2D eigenvalue weighted by Gasteiger charge is 2.68. The van der Waals surface area contributed by atoms with Gasteiger partial charge < -0.3 is 4.74 Å². The zero-order valence-electron chi connectivity index (χ0n) is 14.9. The zero-order valence-corrected chi connectivity index (χ0v) is 14.9. The molecule has 1 aromatic rings. The van der Waals surface area contributed by atoms with E-state index in [2.05, 4.69) is 0 Å². The first-order valence-electron chi connectivity index (χ1n) is 8.19. The molecule has 26 heavy (non-hydrogen) atoms. The smallest absolute Gasteiger partial charge is 0.185 e. The number of benzene rings is 1. The molecule has 0 unspecified atom stereocenters. The molecule has 0 radical (unpaired) electrons. The second-order valence-corrected chi connectivity index (χ2v) is 6.78. The third-order valence-electron chi connectivity index (χ3n) is 5.25. The molecule has 1 aromatic carbocycles. The number of hydrogen-bond acceptors (Lipinski definition) is 6. The van der Waals surface area contributed by atoms with E-state index >= 15 is 0 Å². The van der Waals surface area contributed by atoms with Gasteiger partial charge in [0, 0.05) is 12.3 Å². The average molecular weight is 346 g/mol. The van der Waals surface area contributed by atoms with E-state index in [-0.39, 0.29) is 18.1 Å². The Kier molecular flexibility index (Phi) is 5.02. The molecule has 6 heteroatoms. The second-order valence-electron chi connectivity index (χ2n) is 6.78. The standard InChI is InChI=1S/C20H18N4O2/c1-13(2)18-17(25)8-16(14-4-6-15(26-3)7-5-14)19(9-21,10-22)20(18,11-23)12-24/h4-7,13,16,18H,8H2,1-3H3/t16-,18+/m1/s1. The maximum Gasteiger partial charge on any atom is 0.185 e. The Morgan fingerprint density at radius 2 is 1.50 bits per heavy atom. The molecule has 6 nitrogen and oxygen atoms in total. The van der Waals surface area contributed by atoms with Crippen LogP contribution in [-0.2, 0) is 4.79 Å². The number of methoxy groups -OCH3 is 1. The van der Waals surface area contributed by atoms with Crippen LogP contribution in [-0.4, -0.2) is 12.9 Å². The lowest BCUT2D eigenvalue weighted by molar-refractivity contribution is -0.133. The van der Waals surface area contributed by atoms with Crippen molar-refractivity contribution in [3.63, 3.8) is 0 Å². The van der Waals surface area contributed by atoms with Crippen molar-refractivity contribution in [3.05, 3.63) is 29.8 Å². The largest absolute Gasteiger partial charge is 0.497 e. The number of hydrogen-bond donors (Lipinski definition) is 0. The molecular weight excluding hydrogens is 328 g/mol. The second kappa shape index (κ2) is 6.87. The predicted molar refractivity (Wildman–Crippen MR) is 91.0 cm³/mol. The molecular formula is C20H18N4O2. The number of ether oxygens (including phenoxy) is 1. The highest BCUT2D eigenvalue weighted by molar-refractivity contribution is 5.87. The van der Waals surface area contributed by atoms with Crippen LogP contribution in [0.4, 0.5) is 0 Å². The van der Waals surface area contributed by atoms with E-state index in [1.807, 2.05) is 24.3 Å². The molecule has 0 N–H and O–H groups in total. The fourth-order valence-electron chi connectivity index (χ4n) is 4.02. The number of nitrogens with zero attached hydrogens (tertiary/aromatic N) is 4. The topological polar surface area (TPSA) is 121 Å². The minimum atomic E-state index is -2.04. The zero-order chi connectivity index (χ0) is 19.5. The summed E-state index contributed by atoms with van der Waals surface area (Å²) in [4.78, 5) is 12.8. The first-order valence-corrected chi connectivity index (χ1v) is 8.19. The Hall–Kier alpha value is -3.35. The van der Waals surface area contributed by atoms with Crippen LogP contribution in [0.5, 0.6) is 5.75 Å². The quantitative estimate of drug-likeness (QED) is 0.829. The molecule has 1 aliphatic rings. The minimum absolute atomic E-state index is 0.0681. The molecule has 2 atom stereocenters. The highest BCUT2D eigenvalue weighted by Crippen LogP contribution is 2.59. The summed E-state index contributed by atoms with van der Waals surface area (Å²) in [6.07, 6.45) is -0.0681. The predicted octanol–water partition coefficient (Wildman–Crippen LogP) is 3.09. The molecule has 0 spiro atoms. The van der Waals surface area contributed by atoms with Crippen molar-refractivity contribution >= 4 is 5.78 Å². The maximum absolute atomic E-state index is 12.8. The van der Waals surface area contributed by atoms with Crippen molar-refractivity contribution in [2.75, 3.05) is 7.11 Å². The fourth-order valence-corrected chi connectivity index (χ4v) is 4.02. The van der Waals surface area contributed by atoms with Crippen LogP contribution in [0.2, 0.25) is 0 Å². The van der Waals surface area contributed by atoms with Crippen molar-refractivity contribution in [1.29, 1.82) is 21.0 Å². The van der Waals surface area contributed by atoms with Gasteiger partial charge in [-0.25, -0.2) is 0 Å². The van der Waals surface area contributed by atoms with E-state index < -0.39 is 22.7 Å². The molecule has 0 bridgehead atoms. The Balaban J connectivity index is 2.77. The van der Waals surface area contributed by atoms with Crippen molar-refractivity contribution < 1.29 is 9.53 Å². The molecule has 0 heterocycles. The van der Waals surface area contributed by atoms with E-state index in [0.29, 0.717) is 11.3 Å². The SMILES string of the molecule is COc1ccc([C@H]2CC(=O)[C@H](C(C)C)C(C#N)(C#N)C2(C#N)C#N)cc1. The minimum Gasteiger partial charge on any atom is -0.497 e. The van der Waals surface area contributed by atoms with Crippen LogP contribution < -0.4 is 4.74 Å². The van der Waals surface area contributed by atoms with E-state index in [1.54, 1.807) is 38.1 Å². The van der Waals surface area contributed by atoms with Gasteiger partial charge in [0.05, 0.1) is 37.3 Å². The summed E-state index contributed by atoms with van der Waals surface area (Å²) in [7, 11) is 1.51. The summed E-state index contributed by atoms with van der Waals surface area (Å²) in [5.74, 6) is -1.90. The van der Waals surface area contributed by atoms with Crippen molar-refractivity contribution in [2.45, 2.75) is 26.2 Å². The lowest BCUT2D eigenvalue weighted by Gasteiger charge is -2.47. The summed E-state index contributed by atoms with van der Waals surface area (Å²) >= 11 is 0. The lowest BCUT2D eigenvalue weighted by atomic mass is 9.46. The molecule has 130 valence electrons. The van der Waals surface area contributed by atoms with Crippen LogP contribution in [0.15, 0.2) is 24.3 Å². The molecule has 2 rings (SSSR count). The van der Waals surface area contributed by atoms with Crippen molar-refractivity contribution in [1.82, 2.24) is 0 Å². The van der Waals surface area contributed by atoms with Gasteiger partial charge >= 0.3 is 0 Å². The van der Waals surface area contributed by atoms with Gasteiger partial charge in [0.15, 0.2) is 10.8 Å². The van der Waals surface area contributed by atoms with E-state index in [4.69, 9.17) is 4.74 Å². The Bertz CT molecular complexity index is 847. The molecule has 0 aromatic heterocycles. The molecule has 0 amide bonds. The van der Waals surface area contributed by atoms with E-state index in [9.17, 15) is 25.8 Å². The molecule has 0 saturated heterocycles. The normalized spacial score (nSPS) is 23.2. The monoisotopic (exact) mass is 346 g/mol. The number of nitriles is 4. The first-order chi connectivity index (χ1) is 12.4. The summed E-state index contributed by atoms with van der Waals surface area (Å²) in [6, 6.07) is 14.3. The van der Waals surface area contributed by atoms with Gasteiger partial charge in [-0.3, -0.25) is 4.79 Å². The summed E-state index contributed by atoms with van der Waals surface area (Å²) in [5.41, 5.74) is -3.43. The number of ketones is 1. The van der Waals surface area contributed by atoms with Gasteiger partial charge in [-0.2, -0.15) is 21.0 Å². The number of carbonyl (C=O) groups excluding carboxylic acids is 1. The Morgan fingerprint density at radius 1 is 1.00 bits per heavy atom. The van der Waals surface area contributed by atoms with Crippen LogP contribution in [0.3, 0.4) is 0 Å². The van der Waals surface area contributed by atoms with Gasteiger partial charge in [-0.15, -0.1) is 0 Å². The summed E-state index contributed by atoms with van der Waals surface area (Å²) in [5, 5.41) is 39.6. The molecule has 1 saturated carbocycles. The number of rotatable bonds is 3. The van der Waals surface area contributed by atoms with E-state index in [0.717, 1.165) is 0 Å². The fraction of sp³-hybridized carbons (Fsp3) is 0.450. The summed E-state index contributed by atoms with van der Waals surface area (Å²) in [6.45, 7) is 3.44. The molecule has 1 aliphatic carbocycles. The van der Waals surface area contributed by atoms with Crippen molar-refractivity contribution in [3.8, 4) is 30.0 Å². The Labute approximate surface area is 152 Å². The van der Waals surface area contributed by atoms with Gasteiger partial charge in [-0.1, -0.05) is 26.0 Å². The van der Waals surface area contributed by atoms with Crippen molar-refractivity contribution in [2.24, 2.45) is 22.7 Å². The summed E-state index contributed by atoms with van der Waals surface area (Å²) < 4.78 is 5.11. The third kappa shape index (κ3) is 2.40. The van der Waals surface area contributed by atoms with Crippen LogP contribution >= 0.6 is 0 Å². The van der Waals surface area contributed by atoms with Crippen LogP contribution in [0.25, 0.3) is 0 Å². The average Bonchev–Trinajstić information content (AvgIpc) is 2.66. The van der Waals surface area contributed by atoms with E-state index in [1.165, 1.54) is 7.11 Å². The lowest BCUT2D eigenvalue weighted by Crippen LogP contribution is -2.56. The highest BCUT2D eigenvalue weighted by atomic mass is 16.5. The number of Topliss-reactive ketones (excluding diaryl/α,β-unsaturated/α-hetero) is 1. The van der Waals surface area contributed by atoms with Gasteiger partial charge in [-0.05, 0) is 23.6 Å². The van der Waals surface area contributed by atoms with Gasteiger partial charge in [0.25, 0.3) is 0 Å². The maximum atomic E-state index is 12.8. The third-order valence-corrected chi connectivity index (χ3v) is 5.25. The van der Waals surface area contributed by atoms with Gasteiger partial charge in [0.2, 0.25) is 0 Å². The Morgan fingerprint density at radius 3 is 1.88 bits per heavy atom.